The highest BCUT2D eigenvalue weighted by Crippen LogP contribution is 2.24. The van der Waals surface area contributed by atoms with Gasteiger partial charge in [-0.2, -0.15) is 0 Å². The van der Waals surface area contributed by atoms with Gasteiger partial charge in [0.15, 0.2) is 5.96 Å². The maximum absolute atomic E-state index is 12.0. The van der Waals surface area contributed by atoms with Gasteiger partial charge in [-0.15, -0.1) is 0 Å². The SMILES string of the molecule is NC(=NCCNS(=O)(=O)c1cccnc1)Nc1ccc2c(c1)CCC2. The van der Waals surface area contributed by atoms with Crippen LogP contribution in [0.3, 0.4) is 0 Å². The third kappa shape index (κ3) is 4.55. The molecule has 25 heavy (non-hydrogen) atoms. The Hall–Kier alpha value is -2.45. The van der Waals surface area contributed by atoms with Gasteiger partial charge in [-0.1, -0.05) is 6.07 Å². The Bertz CT molecular complexity index is 866. The number of guanidine groups is 1. The summed E-state index contributed by atoms with van der Waals surface area (Å²) in [6.07, 6.45) is 6.25. The molecule has 0 saturated carbocycles. The molecule has 2 aromatic rings. The van der Waals surface area contributed by atoms with E-state index < -0.39 is 10.0 Å². The van der Waals surface area contributed by atoms with E-state index in [4.69, 9.17) is 5.73 Å². The molecule has 1 aromatic carbocycles. The minimum Gasteiger partial charge on any atom is -0.370 e. The van der Waals surface area contributed by atoms with Crippen molar-refractivity contribution < 1.29 is 8.42 Å². The Kier molecular flexibility index (Phi) is 5.30. The summed E-state index contributed by atoms with van der Waals surface area (Å²) in [6.45, 7) is 0.396. The summed E-state index contributed by atoms with van der Waals surface area (Å²) in [5.41, 5.74) is 9.51. The summed E-state index contributed by atoms with van der Waals surface area (Å²) < 4.78 is 26.5. The van der Waals surface area contributed by atoms with Crippen molar-refractivity contribution in [2.45, 2.75) is 24.2 Å². The zero-order chi connectivity index (χ0) is 17.7. The minimum atomic E-state index is -3.57. The van der Waals surface area contributed by atoms with Crippen molar-refractivity contribution in [2.75, 3.05) is 18.4 Å². The van der Waals surface area contributed by atoms with Gasteiger partial charge >= 0.3 is 0 Å². The fourth-order valence-corrected chi connectivity index (χ4v) is 3.77. The summed E-state index contributed by atoms with van der Waals surface area (Å²) in [4.78, 5) is 8.08. The average molecular weight is 359 g/mol. The zero-order valence-corrected chi connectivity index (χ0v) is 14.6. The predicted octanol–water partition coefficient (Wildman–Crippen LogP) is 1.28. The van der Waals surface area contributed by atoms with E-state index >= 15 is 0 Å². The molecule has 1 aromatic heterocycles. The van der Waals surface area contributed by atoms with Gasteiger partial charge in [-0.05, 0) is 54.7 Å². The molecule has 132 valence electrons. The topological polar surface area (TPSA) is 109 Å². The van der Waals surface area contributed by atoms with Crippen molar-refractivity contribution in [1.29, 1.82) is 0 Å². The smallest absolute Gasteiger partial charge is 0.242 e. The molecule has 7 nitrogen and oxygen atoms in total. The van der Waals surface area contributed by atoms with Crippen LogP contribution in [0.2, 0.25) is 0 Å². The molecule has 1 aliphatic carbocycles. The summed E-state index contributed by atoms with van der Waals surface area (Å²) >= 11 is 0. The Morgan fingerprint density at radius 2 is 2.08 bits per heavy atom. The van der Waals surface area contributed by atoms with Crippen LogP contribution in [-0.2, 0) is 22.9 Å². The Balaban J connectivity index is 1.50. The van der Waals surface area contributed by atoms with Crippen molar-refractivity contribution in [1.82, 2.24) is 9.71 Å². The number of rotatable bonds is 6. The summed E-state index contributed by atoms with van der Waals surface area (Å²) in [5.74, 6) is 0.263. The van der Waals surface area contributed by atoms with Gasteiger partial charge in [-0.25, -0.2) is 13.1 Å². The standard InChI is InChI=1S/C17H21N5O2S/c18-17(22-15-7-6-13-3-1-4-14(13)11-15)20-9-10-21-25(23,24)16-5-2-8-19-12-16/h2,5-8,11-12,21H,1,3-4,9-10H2,(H3,18,20,22). The number of nitrogens with one attached hydrogen (secondary N) is 2. The first-order valence-corrected chi connectivity index (χ1v) is 9.61. The predicted molar refractivity (Wildman–Crippen MR) is 98.0 cm³/mol. The van der Waals surface area contributed by atoms with Crippen LogP contribution in [0.15, 0.2) is 52.6 Å². The van der Waals surface area contributed by atoms with Crippen LogP contribution in [0.5, 0.6) is 0 Å². The number of nitrogens with two attached hydrogens (primary N) is 1. The summed E-state index contributed by atoms with van der Waals surface area (Å²) in [5, 5.41) is 3.04. The lowest BCUT2D eigenvalue weighted by molar-refractivity contribution is 0.582. The van der Waals surface area contributed by atoms with E-state index in [1.54, 1.807) is 6.07 Å². The quantitative estimate of drug-likeness (QED) is 0.409. The number of aromatic nitrogens is 1. The summed E-state index contributed by atoms with van der Waals surface area (Å²) in [7, 11) is -3.57. The van der Waals surface area contributed by atoms with Gasteiger partial charge in [-0.3, -0.25) is 9.98 Å². The third-order valence-electron chi connectivity index (χ3n) is 4.00. The number of aryl methyl sites for hydroxylation is 2. The van der Waals surface area contributed by atoms with E-state index in [1.165, 1.54) is 36.0 Å². The van der Waals surface area contributed by atoms with Gasteiger partial charge < -0.3 is 11.1 Å². The van der Waals surface area contributed by atoms with Gasteiger partial charge in [0.1, 0.15) is 4.90 Å². The first kappa shape index (κ1) is 17.4. The van der Waals surface area contributed by atoms with Crippen LogP contribution in [-0.4, -0.2) is 32.5 Å². The third-order valence-corrected chi connectivity index (χ3v) is 5.45. The number of hydrogen-bond acceptors (Lipinski definition) is 4. The van der Waals surface area contributed by atoms with E-state index in [0.717, 1.165) is 18.5 Å². The molecular formula is C17H21N5O2S. The first-order valence-electron chi connectivity index (χ1n) is 8.13. The molecular weight excluding hydrogens is 338 g/mol. The molecule has 0 atom stereocenters. The molecule has 0 unspecified atom stereocenters. The molecule has 1 heterocycles. The number of pyridine rings is 1. The monoisotopic (exact) mass is 359 g/mol. The number of anilines is 1. The Labute approximate surface area is 147 Å². The number of benzene rings is 1. The maximum Gasteiger partial charge on any atom is 0.242 e. The first-order chi connectivity index (χ1) is 12.0. The second-order valence-electron chi connectivity index (χ2n) is 5.82. The maximum atomic E-state index is 12.0. The minimum absolute atomic E-state index is 0.128. The number of aliphatic imine (C=N–C) groups is 1. The van der Waals surface area contributed by atoms with Gasteiger partial charge in [0.25, 0.3) is 0 Å². The van der Waals surface area contributed by atoms with Crippen LogP contribution < -0.4 is 15.8 Å². The highest BCUT2D eigenvalue weighted by molar-refractivity contribution is 7.89. The average Bonchev–Trinajstić information content (AvgIpc) is 3.07. The fourth-order valence-electron chi connectivity index (χ4n) is 2.78. The molecule has 1 aliphatic rings. The lowest BCUT2D eigenvalue weighted by Crippen LogP contribution is -2.28. The lowest BCUT2D eigenvalue weighted by atomic mass is 10.1. The second-order valence-corrected chi connectivity index (χ2v) is 7.58. The van der Waals surface area contributed by atoms with Gasteiger partial charge in [0.05, 0.1) is 6.54 Å². The highest BCUT2D eigenvalue weighted by Gasteiger charge is 2.13. The molecule has 0 saturated heterocycles. The van der Waals surface area contributed by atoms with E-state index in [1.807, 2.05) is 6.07 Å². The van der Waals surface area contributed by atoms with Crippen LogP contribution in [0.4, 0.5) is 5.69 Å². The number of sulfonamides is 1. The van der Waals surface area contributed by atoms with E-state index in [-0.39, 0.29) is 23.9 Å². The molecule has 4 N–H and O–H groups in total. The van der Waals surface area contributed by atoms with Crippen molar-refractivity contribution in [3.63, 3.8) is 0 Å². The van der Waals surface area contributed by atoms with Gasteiger partial charge in [0, 0.05) is 24.6 Å². The van der Waals surface area contributed by atoms with Gasteiger partial charge in [0.2, 0.25) is 10.0 Å². The molecule has 8 heteroatoms. The van der Waals surface area contributed by atoms with Crippen molar-refractivity contribution in [3.05, 3.63) is 53.9 Å². The normalized spacial score (nSPS) is 14.3. The molecule has 0 fully saturated rings. The Morgan fingerprint density at radius 3 is 2.88 bits per heavy atom. The number of hydrogen-bond donors (Lipinski definition) is 3. The second kappa shape index (κ2) is 7.62. The number of nitrogens with zero attached hydrogens (tertiary/aromatic N) is 2. The van der Waals surface area contributed by atoms with Crippen LogP contribution in [0.25, 0.3) is 0 Å². The largest absolute Gasteiger partial charge is 0.370 e. The molecule has 0 spiro atoms. The highest BCUT2D eigenvalue weighted by atomic mass is 32.2. The van der Waals surface area contributed by atoms with Crippen LogP contribution in [0.1, 0.15) is 17.5 Å². The van der Waals surface area contributed by atoms with Crippen LogP contribution in [0, 0.1) is 0 Å². The number of fused-ring (bicyclic) bond motifs is 1. The fraction of sp³-hybridized carbons (Fsp3) is 0.294. The summed E-state index contributed by atoms with van der Waals surface area (Å²) in [6, 6.07) is 9.25. The van der Waals surface area contributed by atoms with E-state index in [2.05, 4.69) is 32.1 Å². The molecule has 0 amide bonds. The van der Waals surface area contributed by atoms with E-state index in [9.17, 15) is 8.42 Å². The lowest BCUT2D eigenvalue weighted by Gasteiger charge is -2.08. The molecule has 0 radical (unpaired) electrons. The van der Waals surface area contributed by atoms with Crippen molar-refractivity contribution in [2.24, 2.45) is 10.7 Å². The van der Waals surface area contributed by atoms with Crippen molar-refractivity contribution >= 4 is 21.7 Å². The van der Waals surface area contributed by atoms with E-state index in [0.29, 0.717) is 0 Å². The Morgan fingerprint density at radius 1 is 1.24 bits per heavy atom. The zero-order valence-electron chi connectivity index (χ0n) is 13.8. The van der Waals surface area contributed by atoms with Crippen LogP contribution >= 0.6 is 0 Å². The molecule has 0 bridgehead atoms. The van der Waals surface area contributed by atoms with Crippen molar-refractivity contribution in [3.8, 4) is 0 Å². The molecule has 0 aliphatic heterocycles. The molecule has 3 rings (SSSR count).